The van der Waals surface area contributed by atoms with Crippen LogP contribution >= 0.6 is 27.5 Å². The van der Waals surface area contributed by atoms with E-state index in [2.05, 4.69) is 20.3 Å². The highest BCUT2D eigenvalue weighted by Gasteiger charge is 2.18. The first-order valence-corrected chi connectivity index (χ1v) is 9.76. The molecule has 5 nitrogen and oxygen atoms in total. The summed E-state index contributed by atoms with van der Waals surface area (Å²) in [7, 11) is 0. The summed E-state index contributed by atoms with van der Waals surface area (Å²) in [6, 6.07) is 8.32. The fourth-order valence-electron chi connectivity index (χ4n) is 2.70. The molecule has 0 saturated carbocycles. The van der Waals surface area contributed by atoms with Gasteiger partial charge in [-0.2, -0.15) is 4.37 Å². The molecule has 0 radical (unpaired) electrons. The lowest BCUT2D eigenvalue weighted by Gasteiger charge is -2.12. The molecule has 1 atom stereocenters. The highest BCUT2D eigenvalue weighted by molar-refractivity contribution is 9.10. The normalized spacial score (nSPS) is 12.4. The number of carbonyl (C=O) groups is 1. The quantitative estimate of drug-likeness (QED) is 0.511. The highest BCUT2D eigenvalue weighted by Crippen LogP contribution is 2.29. The minimum Gasteiger partial charge on any atom is -0.394 e. The predicted molar refractivity (Wildman–Crippen MR) is 105 cm³/mol. The molecule has 0 fully saturated rings. The van der Waals surface area contributed by atoms with Crippen molar-refractivity contribution in [1.29, 1.82) is 0 Å². The van der Waals surface area contributed by atoms with Gasteiger partial charge in [-0.25, -0.2) is 4.39 Å². The molecule has 2 N–H and O–H groups in total. The van der Waals surface area contributed by atoms with Gasteiger partial charge in [0.2, 0.25) is 0 Å². The average molecular weight is 454 g/mol. The second kappa shape index (κ2) is 8.99. The number of ketones is 1. The van der Waals surface area contributed by atoms with Crippen molar-refractivity contribution in [3.63, 3.8) is 0 Å². The number of Topliss-reactive ketones (excluding diaryl/α,β-unsaturated/α-hetero) is 1. The number of benzene rings is 2. The Bertz CT molecular complexity index is 962. The van der Waals surface area contributed by atoms with Crippen molar-refractivity contribution in [3.8, 4) is 0 Å². The van der Waals surface area contributed by atoms with Crippen molar-refractivity contribution in [2.75, 3.05) is 19.8 Å². The summed E-state index contributed by atoms with van der Waals surface area (Å²) >= 11 is 4.50. The molecular formula is C19H17BrFNO4S. The zero-order valence-electron chi connectivity index (χ0n) is 14.2. The van der Waals surface area contributed by atoms with E-state index in [0.717, 1.165) is 10.1 Å². The average Bonchev–Trinajstić information content (AvgIpc) is 3.12. The minimum absolute atomic E-state index is 0.137. The smallest absolute Gasteiger partial charge is 0.188 e. The number of hydrogen-bond donors (Lipinski definition) is 2. The lowest BCUT2D eigenvalue weighted by molar-refractivity contribution is 0.00895. The summed E-state index contributed by atoms with van der Waals surface area (Å²) in [6.07, 6.45) is 0.932. The molecule has 0 spiro atoms. The fourth-order valence-corrected chi connectivity index (χ4v) is 3.82. The fraction of sp³-hybridized carbons (Fsp3) is 0.263. The van der Waals surface area contributed by atoms with Crippen LogP contribution in [0, 0.1) is 5.82 Å². The van der Waals surface area contributed by atoms with Crippen LogP contribution in [0.25, 0.3) is 10.1 Å². The zero-order chi connectivity index (χ0) is 19.4. The SMILES string of the molecule is O=C(COC[C@H](O)CO)c1ccc2cnsc2c1Cc1ccc(Br)cc1F. The minimum atomic E-state index is -1.03. The van der Waals surface area contributed by atoms with Gasteiger partial charge in [0.15, 0.2) is 5.78 Å². The molecule has 1 heterocycles. The van der Waals surface area contributed by atoms with Gasteiger partial charge in [0.05, 0.1) is 17.9 Å². The second-order valence-electron chi connectivity index (χ2n) is 6.02. The zero-order valence-corrected chi connectivity index (χ0v) is 16.6. The van der Waals surface area contributed by atoms with Crippen LogP contribution in [0.1, 0.15) is 21.5 Å². The van der Waals surface area contributed by atoms with Crippen LogP contribution in [0.2, 0.25) is 0 Å². The summed E-state index contributed by atoms with van der Waals surface area (Å²) in [5.74, 6) is -0.630. The Labute approximate surface area is 167 Å². The highest BCUT2D eigenvalue weighted by atomic mass is 79.9. The van der Waals surface area contributed by atoms with Gasteiger partial charge >= 0.3 is 0 Å². The van der Waals surface area contributed by atoms with Crippen LogP contribution in [0.5, 0.6) is 0 Å². The molecule has 142 valence electrons. The molecule has 3 aromatic rings. The molecule has 1 aromatic heterocycles. The van der Waals surface area contributed by atoms with Gasteiger partial charge < -0.3 is 14.9 Å². The Morgan fingerprint density at radius 2 is 2.15 bits per heavy atom. The molecule has 0 aliphatic heterocycles. The molecule has 2 aromatic carbocycles. The van der Waals surface area contributed by atoms with Crippen molar-refractivity contribution < 1.29 is 24.1 Å². The Morgan fingerprint density at radius 1 is 1.33 bits per heavy atom. The van der Waals surface area contributed by atoms with Crippen molar-refractivity contribution in [2.24, 2.45) is 0 Å². The Kier molecular flexibility index (Phi) is 6.67. The van der Waals surface area contributed by atoms with E-state index in [4.69, 9.17) is 9.84 Å². The van der Waals surface area contributed by atoms with Crippen molar-refractivity contribution in [3.05, 3.63) is 63.5 Å². The van der Waals surface area contributed by atoms with Crippen molar-refractivity contribution >= 4 is 43.3 Å². The molecule has 0 unspecified atom stereocenters. The molecule has 0 bridgehead atoms. The standard InChI is InChI=1S/C19H17BrFNO4S/c20-13-3-1-11(17(21)6-13)5-16-15(4-2-12-7-22-27-19(12)16)18(25)10-26-9-14(24)8-23/h1-4,6-7,14,23-24H,5,8-10H2/t14-/m1/s1. The maximum atomic E-state index is 14.3. The third kappa shape index (κ3) is 4.77. The summed E-state index contributed by atoms with van der Waals surface area (Å²) < 4.78 is 25.2. The van der Waals surface area contributed by atoms with Crippen LogP contribution in [-0.4, -0.2) is 46.3 Å². The van der Waals surface area contributed by atoms with E-state index in [-0.39, 0.29) is 31.2 Å². The van der Waals surface area contributed by atoms with Gasteiger partial charge in [-0.15, -0.1) is 0 Å². The van der Waals surface area contributed by atoms with E-state index in [1.54, 1.807) is 30.5 Å². The maximum absolute atomic E-state index is 14.3. The van der Waals surface area contributed by atoms with E-state index in [0.29, 0.717) is 21.2 Å². The number of halogens is 2. The van der Waals surface area contributed by atoms with E-state index >= 15 is 0 Å². The number of aliphatic hydroxyl groups excluding tert-OH is 2. The predicted octanol–water partition coefficient (Wildman–Crippen LogP) is 3.34. The van der Waals surface area contributed by atoms with E-state index in [9.17, 15) is 14.3 Å². The number of aliphatic hydroxyl groups is 2. The lowest BCUT2D eigenvalue weighted by atomic mass is 9.96. The molecule has 0 amide bonds. The maximum Gasteiger partial charge on any atom is 0.188 e. The molecule has 8 heteroatoms. The van der Waals surface area contributed by atoms with E-state index in [1.807, 2.05) is 0 Å². The molecule has 0 saturated heterocycles. The van der Waals surface area contributed by atoms with Gasteiger partial charge in [-0.1, -0.05) is 34.1 Å². The number of rotatable bonds is 8. The molecule has 3 rings (SSSR count). The first-order chi connectivity index (χ1) is 13.0. The Hall–Kier alpha value is -1.71. The van der Waals surface area contributed by atoms with Gasteiger partial charge in [0, 0.05) is 28.0 Å². The largest absolute Gasteiger partial charge is 0.394 e. The van der Waals surface area contributed by atoms with Gasteiger partial charge in [0.25, 0.3) is 0 Å². The van der Waals surface area contributed by atoms with Crippen LogP contribution < -0.4 is 0 Å². The molecule has 27 heavy (non-hydrogen) atoms. The topological polar surface area (TPSA) is 79.7 Å². The van der Waals surface area contributed by atoms with Crippen LogP contribution in [0.15, 0.2) is 41.0 Å². The molecule has 0 aliphatic carbocycles. The summed E-state index contributed by atoms with van der Waals surface area (Å²) in [5.41, 5.74) is 1.62. The van der Waals surface area contributed by atoms with Crippen LogP contribution in [0.3, 0.4) is 0 Å². The van der Waals surface area contributed by atoms with Crippen LogP contribution in [0.4, 0.5) is 4.39 Å². The number of aromatic nitrogens is 1. The van der Waals surface area contributed by atoms with Gasteiger partial charge in [-0.3, -0.25) is 4.79 Å². The number of hydrogen-bond acceptors (Lipinski definition) is 6. The number of carbonyl (C=O) groups excluding carboxylic acids is 1. The van der Waals surface area contributed by atoms with E-state index in [1.165, 1.54) is 17.6 Å². The third-order valence-corrected chi connectivity index (χ3v) is 5.43. The van der Waals surface area contributed by atoms with Gasteiger partial charge in [-0.05, 0) is 34.8 Å². The summed E-state index contributed by atoms with van der Waals surface area (Å²) in [6.45, 7) is -0.811. The number of fused-ring (bicyclic) bond motifs is 1. The Balaban J connectivity index is 1.91. The van der Waals surface area contributed by atoms with E-state index < -0.39 is 12.7 Å². The van der Waals surface area contributed by atoms with Crippen molar-refractivity contribution in [2.45, 2.75) is 12.5 Å². The van der Waals surface area contributed by atoms with Crippen LogP contribution in [-0.2, 0) is 11.2 Å². The van der Waals surface area contributed by atoms with Gasteiger partial charge in [0.1, 0.15) is 18.5 Å². The number of ether oxygens (including phenoxy) is 1. The monoisotopic (exact) mass is 453 g/mol. The lowest BCUT2D eigenvalue weighted by Crippen LogP contribution is -2.22. The summed E-state index contributed by atoms with van der Waals surface area (Å²) in [5, 5.41) is 19.0. The number of nitrogens with zero attached hydrogens (tertiary/aromatic N) is 1. The Morgan fingerprint density at radius 3 is 2.89 bits per heavy atom. The third-order valence-electron chi connectivity index (χ3n) is 4.06. The second-order valence-corrected chi connectivity index (χ2v) is 7.74. The molecular weight excluding hydrogens is 437 g/mol. The van der Waals surface area contributed by atoms with Crippen molar-refractivity contribution in [1.82, 2.24) is 4.37 Å². The first-order valence-electron chi connectivity index (χ1n) is 8.19. The molecule has 0 aliphatic rings. The first kappa shape index (κ1) is 20.0. The summed E-state index contributed by atoms with van der Waals surface area (Å²) in [4.78, 5) is 12.6.